The van der Waals surface area contributed by atoms with Crippen molar-refractivity contribution in [3.05, 3.63) is 22.3 Å². The number of hydrogen-bond acceptors (Lipinski definition) is 4. The van der Waals surface area contributed by atoms with Gasteiger partial charge in [-0.1, -0.05) is 23.2 Å². The van der Waals surface area contributed by atoms with Gasteiger partial charge in [-0.15, -0.1) is 24.8 Å². The van der Waals surface area contributed by atoms with E-state index in [1.165, 1.54) is 12.8 Å². The molecule has 0 aliphatic carbocycles. The van der Waals surface area contributed by atoms with Gasteiger partial charge in [-0.05, 0) is 44.3 Å². The zero-order valence-corrected chi connectivity index (χ0v) is 17.8. The van der Waals surface area contributed by atoms with Gasteiger partial charge in [0.1, 0.15) is 5.82 Å². The van der Waals surface area contributed by atoms with Crippen LogP contribution in [-0.4, -0.2) is 55.1 Å². The van der Waals surface area contributed by atoms with Crippen molar-refractivity contribution in [2.45, 2.75) is 25.7 Å². The van der Waals surface area contributed by atoms with E-state index >= 15 is 0 Å². The molecular formula is C17H26Cl4N4O. The molecule has 2 fully saturated rings. The number of rotatable bonds is 4. The van der Waals surface area contributed by atoms with Crippen LogP contribution in [0, 0.1) is 5.92 Å². The number of pyridine rings is 1. The molecule has 3 heterocycles. The summed E-state index contributed by atoms with van der Waals surface area (Å²) >= 11 is 12.1. The second-order valence-electron chi connectivity index (χ2n) is 6.56. The summed E-state index contributed by atoms with van der Waals surface area (Å²) in [6.45, 7) is 5.15. The fourth-order valence-corrected chi connectivity index (χ4v) is 3.96. The first-order valence-corrected chi connectivity index (χ1v) is 9.43. The van der Waals surface area contributed by atoms with Crippen molar-refractivity contribution >= 4 is 59.7 Å². The summed E-state index contributed by atoms with van der Waals surface area (Å²) in [4.78, 5) is 20.8. The summed E-state index contributed by atoms with van der Waals surface area (Å²) in [7, 11) is 0. The average molecular weight is 444 g/mol. The van der Waals surface area contributed by atoms with Gasteiger partial charge in [0.05, 0.1) is 10.0 Å². The lowest BCUT2D eigenvalue weighted by molar-refractivity contribution is -0.131. The van der Waals surface area contributed by atoms with Gasteiger partial charge in [0.25, 0.3) is 0 Å². The van der Waals surface area contributed by atoms with Gasteiger partial charge in [0.15, 0.2) is 0 Å². The molecule has 148 valence electrons. The maximum absolute atomic E-state index is 12.4. The van der Waals surface area contributed by atoms with Crippen molar-refractivity contribution in [3.63, 3.8) is 0 Å². The van der Waals surface area contributed by atoms with E-state index in [0.717, 1.165) is 51.5 Å². The van der Waals surface area contributed by atoms with Gasteiger partial charge in [-0.2, -0.15) is 0 Å². The summed E-state index contributed by atoms with van der Waals surface area (Å²) in [5.41, 5.74) is 0. The molecule has 1 N–H and O–H groups in total. The summed E-state index contributed by atoms with van der Waals surface area (Å²) < 4.78 is 0. The predicted molar refractivity (Wildman–Crippen MR) is 112 cm³/mol. The number of piperidine rings is 1. The number of halogens is 4. The maximum Gasteiger partial charge on any atom is 0.222 e. The Labute approximate surface area is 177 Å². The van der Waals surface area contributed by atoms with E-state index in [0.29, 0.717) is 22.4 Å². The third kappa shape index (κ3) is 6.31. The van der Waals surface area contributed by atoms with E-state index in [2.05, 4.69) is 15.2 Å². The number of nitrogens with one attached hydrogen (secondary N) is 1. The van der Waals surface area contributed by atoms with Crippen LogP contribution in [0.4, 0.5) is 5.82 Å². The van der Waals surface area contributed by atoms with Crippen LogP contribution in [0.1, 0.15) is 25.7 Å². The average Bonchev–Trinajstić information content (AvgIpc) is 2.61. The van der Waals surface area contributed by atoms with E-state index in [4.69, 9.17) is 23.2 Å². The van der Waals surface area contributed by atoms with Crippen LogP contribution in [0.5, 0.6) is 0 Å². The summed E-state index contributed by atoms with van der Waals surface area (Å²) in [6, 6.07) is 1.71. The molecule has 0 atom stereocenters. The summed E-state index contributed by atoms with van der Waals surface area (Å²) in [5, 5.41) is 4.47. The first kappa shape index (κ1) is 23.6. The fraction of sp³-hybridized carbons (Fsp3) is 0.647. The first-order chi connectivity index (χ1) is 11.6. The second-order valence-corrected chi connectivity index (χ2v) is 7.40. The molecule has 26 heavy (non-hydrogen) atoms. The minimum Gasteiger partial charge on any atom is -0.352 e. The molecule has 1 aromatic heterocycles. The molecule has 5 nitrogen and oxygen atoms in total. The van der Waals surface area contributed by atoms with E-state index in [-0.39, 0.29) is 30.7 Å². The van der Waals surface area contributed by atoms with Crippen molar-refractivity contribution < 1.29 is 4.79 Å². The van der Waals surface area contributed by atoms with E-state index in [1.807, 2.05) is 4.90 Å². The molecule has 1 amide bonds. The van der Waals surface area contributed by atoms with Crippen molar-refractivity contribution in [2.24, 2.45) is 5.92 Å². The van der Waals surface area contributed by atoms with Crippen molar-refractivity contribution in [3.8, 4) is 0 Å². The number of nitrogens with zero attached hydrogens (tertiary/aromatic N) is 3. The van der Waals surface area contributed by atoms with Crippen LogP contribution in [0.3, 0.4) is 0 Å². The zero-order chi connectivity index (χ0) is 16.9. The number of aromatic nitrogens is 1. The molecule has 0 unspecified atom stereocenters. The third-order valence-electron chi connectivity index (χ3n) is 4.95. The third-order valence-corrected chi connectivity index (χ3v) is 5.43. The SMILES string of the molecule is Cl.Cl.O=C(CCC1CCNCC1)N1CCN(c2ncc(Cl)cc2Cl)CC1. The molecular weight excluding hydrogens is 418 g/mol. The lowest BCUT2D eigenvalue weighted by atomic mass is 9.93. The van der Waals surface area contributed by atoms with Gasteiger partial charge >= 0.3 is 0 Å². The number of carbonyl (C=O) groups excluding carboxylic acids is 1. The zero-order valence-electron chi connectivity index (χ0n) is 14.6. The van der Waals surface area contributed by atoms with Crippen LogP contribution in [0.15, 0.2) is 12.3 Å². The van der Waals surface area contributed by atoms with E-state index in [9.17, 15) is 4.79 Å². The largest absolute Gasteiger partial charge is 0.352 e. The minimum absolute atomic E-state index is 0. The molecule has 0 aromatic carbocycles. The molecule has 0 radical (unpaired) electrons. The van der Waals surface area contributed by atoms with Crippen LogP contribution < -0.4 is 10.2 Å². The van der Waals surface area contributed by atoms with E-state index < -0.39 is 0 Å². The Morgan fingerprint density at radius 1 is 1.15 bits per heavy atom. The first-order valence-electron chi connectivity index (χ1n) is 8.68. The van der Waals surface area contributed by atoms with Crippen LogP contribution >= 0.6 is 48.0 Å². The smallest absolute Gasteiger partial charge is 0.222 e. The Balaban J connectivity index is 0.00000169. The normalized spacial score (nSPS) is 18.1. The Morgan fingerprint density at radius 3 is 2.42 bits per heavy atom. The molecule has 0 bridgehead atoms. The highest BCUT2D eigenvalue weighted by Gasteiger charge is 2.24. The van der Waals surface area contributed by atoms with Crippen molar-refractivity contribution in [1.82, 2.24) is 15.2 Å². The molecule has 2 aliphatic rings. The van der Waals surface area contributed by atoms with Crippen LogP contribution in [-0.2, 0) is 4.79 Å². The Kier molecular flexibility index (Phi) is 10.3. The van der Waals surface area contributed by atoms with Gasteiger partial charge in [0, 0.05) is 38.8 Å². The molecule has 9 heteroatoms. The Hall–Kier alpha value is -0.460. The van der Waals surface area contributed by atoms with Gasteiger partial charge < -0.3 is 15.1 Å². The Bertz CT molecular complexity index is 576. The molecule has 2 aliphatic heterocycles. The maximum atomic E-state index is 12.4. The highest BCUT2D eigenvalue weighted by atomic mass is 35.5. The van der Waals surface area contributed by atoms with Gasteiger partial charge in [0.2, 0.25) is 5.91 Å². The monoisotopic (exact) mass is 442 g/mol. The summed E-state index contributed by atoms with van der Waals surface area (Å²) in [6.07, 6.45) is 5.69. The van der Waals surface area contributed by atoms with E-state index in [1.54, 1.807) is 12.3 Å². The quantitative estimate of drug-likeness (QED) is 0.771. The Morgan fingerprint density at radius 2 is 1.81 bits per heavy atom. The van der Waals surface area contributed by atoms with Crippen LogP contribution in [0.2, 0.25) is 10.0 Å². The highest BCUT2D eigenvalue weighted by molar-refractivity contribution is 6.36. The lowest BCUT2D eigenvalue weighted by Crippen LogP contribution is -2.49. The van der Waals surface area contributed by atoms with Crippen LogP contribution in [0.25, 0.3) is 0 Å². The standard InChI is InChI=1S/C17H24Cl2N4O.2ClH/c18-14-11-15(19)17(21-12-14)23-9-7-22(8-10-23)16(24)2-1-13-3-5-20-6-4-13;;/h11-13,20H,1-10H2;2*1H. The van der Waals surface area contributed by atoms with Crippen molar-refractivity contribution in [2.75, 3.05) is 44.2 Å². The molecule has 0 saturated carbocycles. The summed E-state index contributed by atoms with van der Waals surface area (Å²) in [5.74, 6) is 1.74. The number of carbonyl (C=O) groups is 1. The minimum atomic E-state index is 0. The number of anilines is 1. The highest BCUT2D eigenvalue weighted by Crippen LogP contribution is 2.27. The lowest BCUT2D eigenvalue weighted by Gasteiger charge is -2.36. The molecule has 3 rings (SSSR count). The number of amides is 1. The fourth-order valence-electron chi connectivity index (χ4n) is 3.46. The number of piperazine rings is 1. The molecule has 1 aromatic rings. The number of hydrogen-bond donors (Lipinski definition) is 1. The van der Waals surface area contributed by atoms with Crippen molar-refractivity contribution in [1.29, 1.82) is 0 Å². The second kappa shape index (κ2) is 11.4. The van der Waals surface area contributed by atoms with Gasteiger partial charge in [-0.3, -0.25) is 4.79 Å². The predicted octanol–water partition coefficient (Wildman–Crippen LogP) is 3.66. The van der Waals surface area contributed by atoms with Gasteiger partial charge in [-0.25, -0.2) is 4.98 Å². The molecule has 2 saturated heterocycles. The topological polar surface area (TPSA) is 48.5 Å². The molecule has 0 spiro atoms.